The van der Waals surface area contributed by atoms with Gasteiger partial charge in [0.05, 0.1) is 19.6 Å². The van der Waals surface area contributed by atoms with Crippen LogP contribution in [0, 0.1) is 6.92 Å². The molecular formula is C14H20N2O3. The molecule has 19 heavy (non-hydrogen) atoms. The van der Waals surface area contributed by atoms with Gasteiger partial charge in [0.2, 0.25) is 11.8 Å². The minimum absolute atomic E-state index is 0.00559. The van der Waals surface area contributed by atoms with Crippen LogP contribution in [0.15, 0.2) is 24.3 Å². The molecule has 5 heteroatoms. The molecule has 1 aromatic carbocycles. The summed E-state index contributed by atoms with van der Waals surface area (Å²) in [6, 6.07) is 7.74. The highest BCUT2D eigenvalue weighted by Crippen LogP contribution is 2.04. The molecule has 2 N–H and O–H groups in total. The largest absolute Gasteiger partial charge is 0.383 e. The van der Waals surface area contributed by atoms with Gasteiger partial charge in [0.15, 0.2) is 0 Å². The lowest BCUT2D eigenvalue weighted by Gasteiger charge is -2.07. The first-order valence-corrected chi connectivity index (χ1v) is 6.19. The van der Waals surface area contributed by atoms with E-state index < -0.39 is 0 Å². The fourth-order valence-corrected chi connectivity index (χ4v) is 1.60. The summed E-state index contributed by atoms with van der Waals surface area (Å²) in [6.45, 7) is 2.88. The zero-order valence-corrected chi connectivity index (χ0v) is 11.4. The number of ether oxygens (including phenoxy) is 1. The van der Waals surface area contributed by atoms with Crippen molar-refractivity contribution in [2.45, 2.75) is 13.3 Å². The van der Waals surface area contributed by atoms with Crippen LogP contribution in [0.2, 0.25) is 0 Å². The molecule has 0 radical (unpaired) electrons. The van der Waals surface area contributed by atoms with E-state index in [1.54, 1.807) is 7.11 Å². The van der Waals surface area contributed by atoms with Crippen molar-refractivity contribution in [3.63, 3.8) is 0 Å². The van der Waals surface area contributed by atoms with Crippen molar-refractivity contribution in [2.24, 2.45) is 0 Å². The average Bonchev–Trinajstić information content (AvgIpc) is 2.37. The van der Waals surface area contributed by atoms with Gasteiger partial charge in [0, 0.05) is 13.7 Å². The Morgan fingerprint density at radius 2 is 2.00 bits per heavy atom. The van der Waals surface area contributed by atoms with Crippen LogP contribution in [0.25, 0.3) is 0 Å². The number of carbonyl (C=O) groups excluding carboxylic acids is 2. The molecule has 0 aliphatic carbocycles. The van der Waals surface area contributed by atoms with E-state index >= 15 is 0 Å². The fourth-order valence-electron chi connectivity index (χ4n) is 1.60. The quantitative estimate of drug-likeness (QED) is 0.701. The molecule has 0 heterocycles. The van der Waals surface area contributed by atoms with Gasteiger partial charge in [0.1, 0.15) is 0 Å². The lowest BCUT2D eigenvalue weighted by atomic mass is 10.1. The summed E-state index contributed by atoms with van der Waals surface area (Å²) in [5, 5.41) is 5.22. The van der Waals surface area contributed by atoms with E-state index in [4.69, 9.17) is 4.74 Å². The molecular weight excluding hydrogens is 244 g/mol. The molecule has 0 saturated heterocycles. The molecule has 0 spiro atoms. The maximum Gasteiger partial charge on any atom is 0.239 e. The predicted octanol–water partition coefficient (Wildman–Crippen LogP) is 0.416. The third-order valence-electron chi connectivity index (χ3n) is 2.52. The van der Waals surface area contributed by atoms with E-state index in [2.05, 4.69) is 10.6 Å². The molecule has 0 aliphatic rings. The summed E-state index contributed by atoms with van der Waals surface area (Å²) in [5.41, 5.74) is 2.06. The molecule has 0 aliphatic heterocycles. The number of carbonyl (C=O) groups is 2. The van der Waals surface area contributed by atoms with E-state index in [0.29, 0.717) is 13.2 Å². The van der Waals surface area contributed by atoms with Crippen LogP contribution in [-0.4, -0.2) is 38.6 Å². The van der Waals surface area contributed by atoms with Gasteiger partial charge in [-0.3, -0.25) is 9.59 Å². The first kappa shape index (κ1) is 15.2. The lowest BCUT2D eigenvalue weighted by molar-refractivity contribution is -0.125. The van der Waals surface area contributed by atoms with Crippen molar-refractivity contribution in [1.82, 2.24) is 10.6 Å². The van der Waals surface area contributed by atoms with Gasteiger partial charge >= 0.3 is 0 Å². The molecule has 5 nitrogen and oxygen atoms in total. The van der Waals surface area contributed by atoms with Crippen molar-refractivity contribution in [3.05, 3.63) is 35.4 Å². The summed E-state index contributed by atoms with van der Waals surface area (Å²) < 4.78 is 4.81. The zero-order chi connectivity index (χ0) is 14.1. The molecule has 0 atom stereocenters. The van der Waals surface area contributed by atoms with E-state index in [1.807, 2.05) is 31.2 Å². The van der Waals surface area contributed by atoms with Crippen LogP contribution in [0.4, 0.5) is 0 Å². The summed E-state index contributed by atoms with van der Waals surface area (Å²) in [5.74, 6) is -0.373. The van der Waals surface area contributed by atoms with Crippen molar-refractivity contribution in [1.29, 1.82) is 0 Å². The van der Waals surface area contributed by atoms with Gasteiger partial charge in [-0.15, -0.1) is 0 Å². The monoisotopic (exact) mass is 264 g/mol. The number of aryl methyl sites for hydroxylation is 1. The van der Waals surface area contributed by atoms with Crippen LogP contribution < -0.4 is 10.6 Å². The lowest BCUT2D eigenvalue weighted by Crippen LogP contribution is -2.38. The highest BCUT2D eigenvalue weighted by atomic mass is 16.5. The zero-order valence-electron chi connectivity index (χ0n) is 11.4. The predicted molar refractivity (Wildman–Crippen MR) is 72.8 cm³/mol. The van der Waals surface area contributed by atoms with Gasteiger partial charge in [-0.2, -0.15) is 0 Å². The highest BCUT2D eigenvalue weighted by Gasteiger charge is 2.06. The van der Waals surface area contributed by atoms with Crippen LogP contribution in [0.1, 0.15) is 11.1 Å². The molecule has 1 rings (SSSR count). The Balaban J connectivity index is 2.26. The minimum Gasteiger partial charge on any atom is -0.383 e. The molecule has 0 unspecified atom stereocenters. The molecule has 104 valence electrons. The number of hydrogen-bond acceptors (Lipinski definition) is 3. The van der Waals surface area contributed by atoms with E-state index in [0.717, 1.165) is 11.1 Å². The minimum atomic E-state index is -0.213. The standard InChI is InChI=1S/C14H20N2O3/c1-11-4-3-5-12(8-11)9-13(17)16-10-14(18)15-6-7-19-2/h3-5,8H,6-7,9-10H2,1-2H3,(H,15,18)(H,16,17). The Labute approximate surface area is 113 Å². The third-order valence-corrected chi connectivity index (χ3v) is 2.52. The van der Waals surface area contributed by atoms with Gasteiger partial charge in [-0.05, 0) is 12.5 Å². The highest BCUT2D eigenvalue weighted by molar-refractivity contribution is 5.85. The van der Waals surface area contributed by atoms with Crippen LogP contribution >= 0.6 is 0 Å². The topological polar surface area (TPSA) is 67.4 Å². The maximum absolute atomic E-state index is 11.6. The second kappa shape index (κ2) is 8.26. The van der Waals surface area contributed by atoms with Crippen LogP contribution in [-0.2, 0) is 20.7 Å². The number of rotatable bonds is 7. The second-order valence-corrected chi connectivity index (χ2v) is 4.29. The number of amides is 2. The number of nitrogens with one attached hydrogen (secondary N) is 2. The van der Waals surface area contributed by atoms with Crippen molar-refractivity contribution >= 4 is 11.8 Å². The van der Waals surface area contributed by atoms with E-state index in [1.165, 1.54) is 0 Å². The van der Waals surface area contributed by atoms with Gasteiger partial charge in [-0.25, -0.2) is 0 Å². The summed E-state index contributed by atoms with van der Waals surface area (Å²) >= 11 is 0. The summed E-state index contributed by atoms with van der Waals surface area (Å²) in [6.07, 6.45) is 0.285. The maximum atomic E-state index is 11.6. The smallest absolute Gasteiger partial charge is 0.239 e. The molecule has 0 aromatic heterocycles. The van der Waals surface area contributed by atoms with E-state index in [-0.39, 0.29) is 24.8 Å². The Hall–Kier alpha value is -1.88. The SMILES string of the molecule is COCCNC(=O)CNC(=O)Cc1cccc(C)c1. The van der Waals surface area contributed by atoms with Crippen molar-refractivity contribution < 1.29 is 14.3 Å². The second-order valence-electron chi connectivity index (χ2n) is 4.29. The molecule has 2 amide bonds. The first-order chi connectivity index (χ1) is 9.11. The van der Waals surface area contributed by atoms with Crippen LogP contribution in [0.5, 0.6) is 0 Å². The summed E-state index contributed by atoms with van der Waals surface area (Å²) in [4.78, 5) is 23.0. The van der Waals surface area contributed by atoms with Crippen molar-refractivity contribution in [3.8, 4) is 0 Å². The Bertz CT molecular complexity index is 432. The number of hydrogen-bond donors (Lipinski definition) is 2. The molecule has 0 fully saturated rings. The molecule has 0 saturated carbocycles. The van der Waals surface area contributed by atoms with E-state index in [9.17, 15) is 9.59 Å². The number of methoxy groups -OCH3 is 1. The molecule has 1 aromatic rings. The normalized spacial score (nSPS) is 10.0. The van der Waals surface area contributed by atoms with Crippen LogP contribution in [0.3, 0.4) is 0 Å². The summed E-state index contributed by atoms with van der Waals surface area (Å²) in [7, 11) is 1.57. The average molecular weight is 264 g/mol. The first-order valence-electron chi connectivity index (χ1n) is 6.19. The molecule has 0 bridgehead atoms. The van der Waals surface area contributed by atoms with Gasteiger partial charge in [-0.1, -0.05) is 29.8 Å². The number of benzene rings is 1. The Morgan fingerprint density at radius 1 is 1.21 bits per heavy atom. The third kappa shape index (κ3) is 6.57. The van der Waals surface area contributed by atoms with Crippen molar-refractivity contribution in [2.75, 3.05) is 26.8 Å². The Morgan fingerprint density at radius 3 is 2.68 bits per heavy atom. The van der Waals surface area contributed by atoms with Gasteiger partial charge < -0.3 is 15.4 Å². The fraction of sp³-hybridized carbons (Fsp3) is 0.429. The Kier molecular flexibility index (Phi) is 6.60. The van der Waals surface area contributed by atoms with Gasteiger partial charge in [0.25, 0.3) is 0 Å².